The van der Waals surface area contributed by atoms with Crippen molar-refractivity contribution in [3.05, 3.63) is 0 Å². The van der Waals surface area contributed by atoms with Gasteiger partial charge in [-0.2, -0.15) is 0 Å². The van der Waals surface area contributed by atoms with Gasteiger partial charge >= 0.3 is 5.97 Å². The first-order chi connectivity index (χ1) is 8.17. The minimum atomic E-state index is -0.648. The van der Waals surface area contributed by atoms with Crippen LogP contribution < -0.4 is 0 Å². The van der Waals surface area contributed by atoms with E-state index in [2.05, 4.69) is 25.7 Å². The standard InChI is InChI=1S/C14H29NO2/c1-4-7-10-13(14(16)17)15(11-8-5-2)12-9-6-3/h13H,4-12H2,1-3H3,(H,16,17). The smallest absolute Gasteiger partial charge is 0.320 e. The maximum absolute atomic E-state index is 11.3. The van der Waals surface area contributed by atoms with Gasteiger partial charge in [-0.1, -0.05) is 46.5 Å². The van der Waals surface area contributed by atoms with Crippen LogP contribution in [0.2, 0.25) is 0 Å². The number of nitrogens with zero attached hydrogens (tertiary/aromatic N) is 1. The summed E-state index contributed by atoms with van der Waals surface area (Å²) in [6.07, 6.45) is 7.31. The lowest BCUT2D eigenvalue weighted by Gasteiger charge is -2.28. The van der Waals surface area contributed by atoms with Gasteiger partial charge in [-0.25, -0.2) is 0 Å². The molecule has 0 bridgehead atoms. The van der Waals surface area contributed by atoms with E-state index in [4.69, 9.17) is 0 Å². The van der Waals surface area contributed by atoms with Crippen LogP contribution in [0.4, 0.5) is 0 Å². The second-order valence-electron chi connectivity index (χ2n) is 4.74. The van der Waals surface area contributed by atoms with Crippen LogP contribution in [0.3, 0.4) is 0 Å². The fourth-order valence-corrected chi connectivity index (χ4v) is 2.01. The molecule has 0 fully saturated rings. The van der Waals surface area contributed by atoms with Crippen molar-refractivity contribution in [1.82, 2.24) is 4.90 Å². The monoisotopic (exact) mass is 243 g/mol. The van der Waals surface area contributed by atoms with Crippen molar-refractivity contribution in [2.45, 2.75) is 71.8 Å². The molecule has 0 aromatic heterocycles. The number of carboxylic acids is 1. The number of hydrogen-bond acceptors (Lipinski definition) is 2. The molecule has 0 saturated heterocycles. The number of carboxylic acid groups (broad SMARTS) is 1. The summed E-state index contributed by atoms with van der Waals surface area (Å²) >= 11 is 0. The van der Waals surface area contributed by atoms with Crippen LogP contribution in [0.1, 0.15) is 65.7 Å². The Bertz CT molecular complexity index is 187. The van der Waals surface area contributed by atoms with Gasteiger partial charge < -0.3 is 5.11 Å². The molecule has 3 heteroatoms. The number of unbranched alkanes of at least 4 members (excludes halogenated alkanes) is 3. The van der Waals surface area contributed by atoms with Crippen LogP contribution in [0, 0.1) is 0 Å². The molecule has 0 radical (unpaired) electrons. The molecule has 0 aromatic carbocycles. The first-order valence-electron chi connectivity index (χ1n) is 7.14. The fourth-order valence-electron chi connectivity index (χ4n) is 2.01. The average Bonchev–Trinajstić information content (AvgIpc) is 2.31. The Morgan fingerprint density at radius 3 is 1.82 bits per heavy atom. The first-order valence-corrected chi connectivity index (χ1v) is 7.14. The van der Waals surface area contributed by atoms with E-state index in [9.17, 15) is 9.90 Å². The predicted octanol–water partition coefficient (Wildman–Crippen LogP) is 3.53. The molecule has 1 atom stereocenters. The van der Waals surface area contributed by atoms with Crippen molar-refractivity contribution in [3.63, 3.8) is 0 Å². The zero-order valence-corrected chi connectivity index (χ0v) is 11.7. The predicted molar refractivity (Wildman–Crippen MR) is 72.3 cm³/mol. The Labute approximate surface area is 106 Å². The Morgan fingerprint density at radius 1 is 1.00 bits per heavy atom. The molecule has 0 heterocycles. The van der Waals surface area contributed by atoms with Crippen LogP contribution in [-0.4, -0.2) is 35.1 Å². The normalized spacial score (nSPS) is 12.9. The summed E-state index contributed by atoms with van der Waals surface area (Å²) in [5.41, 5.74) is 0. The maximum Gasteiger partial charge on any atom is 0.320 e. The van der Waals surface area contributed by atoms with Crippen LogP contribution in [-0.2, 0) is 4.79 Å². The average molecular weight is 243 g/mol. The minimum Gasteiger partial charge on any atom is -0.480 e. The molecule has 0 aliphatic rings. The summed E-state index contributed by atoms with van der Waals surface area (Å²) in [6, 6.07) is -0.270. The fraction of sp³-hybridized carbons (Fsp3) is 0.929. The van der Waals surface area contributed by atoms with Gasteiger partial charge in [0.05, 0.1) is 0 Å². The van der Waals surface area contributed by atoms with Gasteiger partial charge in [0.1, 0.15) is 6.04 Å². The number of hydrogen-bond donors (Lipinski definition) is 1. The molecule has 0 spiro atoms. The van der Waals surface area contributed by atoms with E-state index in [0.717, 1.165) is 58.0 Å². The van der Waals surface area contributed by atoms with Crippen molar-refractivity contribution in [1.29, 1.82) is 0 Å². The molecule has 0 rings (SSSR count). The van der Waals surface area contributed by atoms with Crippen LogP contribution in [0.25, 0.3) is 0 Å². The van der Waals surface area contributed by atoms with Gasteiger partial charge in [-0.05, 0) is 32.4 Å². The third-order valence-electron chi connectivity index (χ3n) is 3.15. The van der Waals surface area contributed by atoms with Crippen LogP contribution in [0.15, 0.2) is 0 Å². The summed E-state index contributed by atoms with van der Waals surface area (Å²) in [6.45, 7) is 8.27. The highest BCUT2D eigenvalue weighted by atomic mass is 16.4. The number of carbonyl (C=O) groups is 1. The largest absolute Gasteiger partial charge is 0.480 e. The molecule has 1 unspecified atom stereocenters. The van der Waals surface area contributed by atoms with E-state index in [1.807, 2.05) is 0 Å². The lowest BCUT2D eigenvalue weighted by atomic mass is 10.1. The molecule has 0 aliphatic carbocycles. The first kappa shape index (κ1) is 16.4. The minimum absolute atomic E-state index is 0.270. The summed E-state index contributed by atoms with van der Waals surface area (Å²) in [5.74, 6) is -0.648. The molecular weight excluding hydrogens is 214 g/mol. The molecule has 0 aromatic rings. The maximum atomic E-state index is 11.3. The van der Waals surface area contributed by atoms with Gasteiger partial charge in [-0.3, -0.25) is 9.69 Å². The van der Waals surface area contributed by atoms with E-state index in [1.165, 1.54) is 0 Å². The Hall–Kier alpha value is -0.570. The molecule has 0 saturated carbocycles. The third kappa shape index (κ3) is 7.37. The quantitative estimate of drug-likeness (QED) is 0.603. The van der Waals surface area contributed by atoms with E-state index < -0.39 is 5.97 Å². The zero-order valence-electron chi connectivity index (χ0n) is 11.7. The highest BCUT2D eigenvalue weighted by Gasteiger charge is 2.23. The van der Waals surface area contributed by atoms with Crippen molar-refractivity contribution in [2.24, 2.45) is 0 Å². The second-order valence-corrected chi connectivity index (χ2v) is 4.74. The molecule has 0 aliphatic heterocycles. The Kier molecular flexibility index (Phi) is 10.2. The van der Waals surface area contributed by atoms with E-state index >= 15 is 0 Å². The van der Waals surface area contributed by atoms with Gasteiger partial charge in [0.25, 0.3) is 0 Å². The van der Waals surface area contributed by atoms with Gasteiger partial charge in [0, 0.05) is 0 Å². The van der Waals surface area contributed by atoms with Crippen molar-refractivity contribution in [2.75, 3.05) is 13.1 Å². The molecule has 17 heavy (non-hydrogen) atoms. The van der Waals surface area contributed by atoms with E-state index in [0.29, 0.717) is 0 Å². The third-order valence-corrected chi connectivity index (χ3v) is 3.15. The molecule has 102 valence electrons. The summed E-state index contributed by atoms with van der Waals surface area (Å²) < 4.78 is 0. The van der Waals surface area contributed by atoms with Gasteiger partial charge in [0.2, 0.25) is 0 Å². The van der Waals surface area contributed by atoms with Crippen LogP contribution >= 0.6 is 0 Å². The van der Waals surface area contributed by atoms with Gasteiger partial charge in [0.15, 0.2) is 0 Å². The SMILES string of the molecule is CCCCC(C(=O)O)N(CCCC)CCCC. The lowest BCUT2D eigenvalue weighted by molar-refractivity contribution is -0.143. The number of aliphatic carboxylic acids is 1. The van der Waals surface area contributed by atoms with Crippen LogP contribution in [0.5, 0.6) is 0 Å². The van der Waals surface area contributed by atoms with Gasteiger partial charge in [-0.15, -0.1) is 0 Å². The zero-order chi connectivity index (χ0) is 13.1. The topological polar surface area (TPSA) is 40.5 Å². The molecule has 3 nitrogen and oxygen atoms in total. The van der Waals surface area contributed by atoms with Crippen molar-refractivity contribution < 1.29 is 9.90 Å². The van der Waals surface area contributed by atoms with E-state index in [-0.39, 0.29) is 6.04 Å². The van der Waals surface area contributed by atoms with Crippen molar-refractivity contribution in [3.8, 4) is 0 Å². The van der Waals surface area contributed by atoms with Crippen molar-refractivity contribution >= 4 is 5.97 Å². The summed E-state index contributed by atoms with van der Waals surface area (Å²) in [5, 5.41) is 9.33. The molecular formula is C14H29NO2. The Balaban J connectivity index is 4.37. The number of rotatable bonds is 11. The van der Waals surface area contributed by atoms with E-state index in [1.54, 1.807) is 0 Å². The highest BCUT2D eigenvalue weighted by molar-refractivity contribution is 5.73. The molecule has 1 N–H and O–H groups in total. The second kappa shape index (κ2) is 10.6. The summed E-state index contributed by atoms with van der Waals surface area (Å²) in [7, 11) is 0. The Morgan fingerprint density at radius 2 is 1.47 bits per heavy atom. The lowest BCUT2D eigenvalue weighted by Crippen LogP contribution is -2.42. The molecule has 0 amide bonds. The summed E-state index contributed by atoms with van der Waals surface area (Å²) in [4.78, 5) is 13.5. The highest BCUT2D eigenvalue weighted by Crippen LogP contribution is 2.12.